The number of benzene rings is 2. The van der Waals surface area contributed by atoms with Crippen LogP contribution in [0.15, 0.2) is 54.6 Å². The minimum atomic E-state index is -0.693. The summed E-state index contributed by atoms with van der Waals surface area (Å²) in [6.45, 7) is 4.96. The van der Waals surface area contributed by atoms with E-state index in [1.54, 1.807) is 0 Å². The minimum absolute atomic E-state index is 0.146. The van der Waals surface area contributed by atoms with Gasteiger partial charge in [0.25, 0.3) is 0 Å². The van der Waals surface area contributed by atoms with Crippen LogP contribution in [0.4, 0.5) is 0 Å². The maximum absolute atomic E-state index is 11.0. The molecule has 1 fully saturated rings. The molecule has 2 nitrogen and oxygen atoms in total. The van der Waals surface area contributed by atoms with Gasteiger partial charge in [-0.25, -0.2) is 0 Å². The van der Waals surface area contributed by atoms with Crippen molar-refractivity contribution >= 4 is 29.2 Å². The fraction of sp³-hybridized carbons (Fsp3) is 0.409. The van der Waals surface area contributed by atoms with Gasteiger partial charge in [-0.1, -0.05) is 73.2 Å². The Bertz CT molecular complexity index is 726. The van der Waals surface area contributed by atoms with E-state index in [0.717, 1.165) is 49.5 Å². The summed E-state index contributed by atoms with van der Waals surface area (Å²) in [4.78, 5) is 2.43. The maximum Gasteiger partial charge on any atom is 0.0920 e. The number of hydrogen-bond acceptors (Lipinski definition) is 3. The summed E-state index contributed by atoms with van der Waals surface area (Å²) < 4.78 is 0. The minimum Gasteiger partial charge on any atom is -0.385 e. The summed E-state index contributed by atoms with van der Waals surface area (Å²) in [6.07, 6.45) is 2.50. The van der Waals surface area contributed by atoms with Crippen LogP contribution in [0.3, 0.4) is 0 Å². The van der Waals surface area contributed by atoms with E-state index in [-0.39, 0.29) is 5.41 Å². The number of thiocarbonyl (C=S) groups is 1. The van der Waals surface area contributed by atoms with Crippen molar-refractivity contribution in [2.75, 3.05) is 19.6 Å². The lowest BCUT2D eigenvalue weighted by atomic mass is 9.80. The van der Waals surface area contributed by atoms with Crippen LogP contribution in [0, 0.1) is 0 Å². The second-order valence-electron chi connectivity index (χ2n) is 7.53. The molecule has 1 aliphatic heterocycles. The first-order valence-electron chi connectivity index (χ1n) is 9.18. The molecule has 0 saturated carbocycles. The maximum atomic E-state index is 11.0. The first kappa shape index (κ1) is 19.5. The SMILES string of the molecule is CC(C=S)(CCN1CCC(O)(c2ccccc2)CC1)c1ccc(Cl)cc1. The molecule has 1 unspecified atom stereocenters. The molecule has 0 amide bonds. The van der Waals surface area contributed by atoms with E-state index in [1.165, 1.54) is 5.56 Å². The highest BCUT2D eigenvalue weighted by Gasteiger charge is 2.34. The number of hydrogen-bond donors (Lipinski definition) is 1. The van der Waals surface area contributed by atoms with Crippen molar-refractivity contribution in [3.63, 3.8) is 0 Å². The van der Waals surface area contributed by atoms with Crippen LogP contribution >= 0.6 is 23.8 Å². The van der Waals surface area contributed by atoms with Gasteiger partial charge in [-0.15, -0.1) is 0 Å². The molecule has 3 rings (SSSR count). The molecule has 0 aromatic heterocycles. The molecular formula is C22H26ClNOS. The normalized spacial score (nSPS) is 19.7. The highest BCUT2D eigenvalue weighted by Crippen LogP contribution is 2.34. The number of rotatable bonds is 6. The molecule has 0 spiro atoms. The predicted molar refractivity (Wildman–Crippen MR) is 113 cm³/mol. The van der Waals surface area contributed by atoms with E-state index >= 15 is 0 Å². The molecule has 2 aromatic carbocycles. The van der Waals surface area contributed by atoms with Gasteiger partial charge in [0.15, 0.2) is 0 Å². The van der Waals surface area contributed by atoms with Crippen LogP contribution in [-0.4, -0.2) is 35.0 Å². The summed E-state index contributed by atoms with van der Waals surface area (Å²) >= 11 is 11.4. The summed E-state index contributed by atoms with van der Waals surface area (Å²) in [6, 6.07) is 18.0. The molecule has 1 N–H and O–H groups in total. The van der Waals surface area contributed by atoms with Gasteiger partial charge >= 0.3 is 0 Å². The topological polar surface area (TPSA) is 23.5 Å². The zero-order chi connectivity index (χ0) is 18.6. The average molecular weight is 388 g/mol. The fourth-order valence-corrected chi connectivity index (χ4v) is 4.06. The van der Waals surface area contributed by atoms with Gasteiger partial charge in [-0.3, -0.25) is 0 Å². The zero-order valence-electron chi connectivity index (χ0n) is 15.2. The molecule has 1 heterocycles. The van der Waals surface area contributed by atoms with Gasteiger partial charge in [0.1, 0.15) is 0 Å². The molecule has 2 aromatic rings. The van der Waals surface area contributed by atoms with Crippen molar-refractivity contribution in [3.05, 3.63) is 70.7 Å². The van der Waals surface area contributed by atoms with Crippen molar-refractivity contribution in [2.24, 2.45) is 0 Å². The molecule has 0 radical (unpaired) electrons. The molecule has 26 heavy (non-hydrogen) atoms. The number of nitrogens with zero attached hydrogens (tertiary/aromatic N) is 1. The van der Waals surface area contributed by atoms with Gasteiger partial charge in [0, 0.05) is 23.5 Å². The van der Waals surface area contributed by atoms with E-state index in [1.807, 2.05) is 47.8 Å². The fourth-order valence-electron chi connectivity index (χ4n) is 3.68. The molecule has 0 bridgehead atoms. The Morgan fingerprint density at radius 2 is 1.73 bits per heavy atom. The van der Waals surface area contributed by atoms with Crippen molar-refractivity contribution in [1.29, 1.82) is 0 Å². The summed E-state index contributed by atoms with van der Waals surface area (Å²) in [5, 5.41) is 13.6. The Hall–Kier alpha value is -1.26. The Morgan fingerprint density at radius 3 is 2.31 bits per heavy atom. The van der Waals surface area contributed by atoms with Crippen molar-refractivity contribution < 1.29 is 5.11 Å². The standard InChI is InChI=1S/C22H26ClNOS/c1-21(17-26,18-7-9-20(23)10-8-18)11-14-24-15-12-22(25,13-16-24)19-5-3-2-4-6-19/h2-10,17,25H,11-16H2,1H3. The summed E-state index contributed by atoms with van der Waals surface area (Å²) in [5.41, 5.74) is 1.40. The average Bonchev–Trinajstić information content (AvgIpc) is 2.68. The Morgan fingerprint density at radius 1 is 1.12 bits per heavy atom. The second-order valence-corrected chi connectivity index (χ2v) is 8.20. The lowest BCUT2D eigenvalue weighted by Gasteiger charge is -2.39. The number of likely N-dealkylation sites (tertiary alicyclic amines) is 1. The van der Waals surface area contributed by atoms with Crippen LogP contribution in [0.1, 0.15) is 37.3 Å². The molecule has 1 aliphatic rings. The molecule has 4 heteroatoms. The quantitative estimate of drug-likeness (QED) is 0.708. The van der Waals surface area contributed by atoms with Gasteiger partial charge in [0.05, 0.1) is 5.60 Å². The van der Waals surface area contributed by atoms with E-state index in [9.17, 15) is 5.11 Å². The van der Waals surface area contributed by atoms with Crippen molar-refractivity contribution in [2.45, 2.75) is 37.2 Å². The number of piperidine rings is 1. The monoisotopic (exact) mass is 387 g/mol. The van der Waals surface area contributed by atoms with Crippen LogP contribution < -0.4 is 0 Å². The van der Waals surface area contributed by atoms with E-state index in [4.69, 9.17) is 23.8 Å². The van der Waals surface area contributed by atoms with Gasteiger partial charge < -0.3 is 10.0 Å². The first-order chi connectivity index (χ1) is 12.5. The van der Waals surface area contributed by atoms with Crippen LogP contribution in [0.2, 0.25) is 5.02 Å². The second kappa shape index (κ2) is 8.18. The lowest BCUT2D eigenvalue weighted by Crippen LogP contribution is -2.44. The third-order valence-electron chi connectivity index (χ3n) is 5.71. The van der Waals surface area contributed by atoms with E-state index < -0.39 is 5.60 Å². The molecule has 0 aliphatic carbocycles. The highest BCUT2D eigenvalue weighted by atomic mass is 35.5. The van der Waals surface area contributed by atoms with Gasteiger partial charge in [-0.2, -0.15) is 0 Å². The molecular weight excluding hydrogens is 362 g/mol. The predicted octanol–water partition coefficient (Wildman–Crippen LogP) is 4.97. The van der Waals surface area contributed by atoms with Crippen LogP contribution in [0.5, 0.6) is 0 Å². The van der Waals surface area contributed by atoms with Gasteiger partial charge in [0.2, 0.25) is 0 Å². The summed E-state index contributed by atoms with van der Waals surface area (Å²) in [5.74, 6) is 0. The molecule has 1 atom stereocenters. The number of halogens is 1. The number of aliphatic hydroxyl groups is 1. The van der Waals surface area contributed by atoms with Crippen molar-refractivity contribution in [3.8, 4) is 0 Å². The third kappa shape index (κ3) is 4.34. The van der Waals surface area contributed by atoms with Crippen LogP contribution in [0.25, 0.3) is 0 Å². The summed E-state index contributed by atoms with van der Waals surface area (Å²) in [7, 11) is 0. The molecule has 138 valence electrons. The molecule has 1 saturated heterocycles. The van der Waals surface area contributed by atoms with Crippen LogP contribution in [-0.2, 0) is 11.0 Å². The smallest absolute Gasteiger partial charge is 0.0920 e. The van der Waals surface area contributed by atoms with Gasteiger partial charge in [-0.05, 0) is 54.4 Å². The lowest BCUT2D eigenvalue weighted by molar-refractivity contribution is -0.0265. The van der Waals surface area contributed by atoms with E-state index in [2.05, 4.69) is 24.0 Å². The van der Waals surface area contributed by atoms with E-state index in [0.29, 0.717) is 0 Å². The largest absolute Gasteiger partial charge is 0.385 e. The zero-order valence-corrected chi connectivity index (χ0v) is 16.8. The Labute approximate surface area is 166 Å². The highest BCUT2D eigenvalue weighted by molar-refractivity contribution is 7.79. The van der Waals surface area contributed by atoms with Crippen molar-refractivity contribution in [1.82, 2.24) is 4.90 Å². The third-order valence-corrected chi connectivity index (χ3v) is 6.48. The Balaban J connectivity index is 1.59. The Kier molecular flexibility index (Phi) is 6.13. The first-order valence-corrected chi connectivity index (χ1v) is 10.0.